The molecule has 0 fully saturated rings. The fourth-order valence-electron chi connectivity index (χ4n) is 3.29. The van der Waals surface area contributed by atoms with Crippen molar-refractivity contribution in [2.75, 3.05) is 0 Å². The van der Waals surface area contributed by atoms with Gasteiger partial charge in [0.2, 0.25) is 0 Å². The first-order valence-electron chi connectivity index (χ1n) is 10.7. The molecule has 0 aliphatic carbocycles. The van der Waals surface area contributed by atoms with Crippen molar-refractivity contribution in [2.45, 2.75) is 32.7 Å². The standard InChI is InChI=1S/C25H21F3N4O3/c1-16-3-6-20(14-29-16)17(2)34-23(33)13-18-4-7-19(8-5-18)24-30-15-32(31-24)21-9-11-22(12-10-21)35-25(26,27)28/h3-12,14-15,17H,13H2,1-2H3. The molecule has 2 heterocycles. The molecule has 7 nitrogen and oxygen atoms in total. The molecule has 0 saturated heterocycles. The number of aryl methyl sites for hydroxylation is 1. The summed E-state index contributed by atoms with van der Waals surface area (Å²) in [5, 5.41) is 4.37. The van der Waals surface area contributed by atoms with Gasteiger partial charge in [-0.05, 0) is 49.7 Å². The zero-order valence-electron chi connectivity index (χ0n) is 18.9. The number of carbonyl (C=O) groups excluding carboxylic acids is 1. The number of aromatic nitrogens is 4. The lowest BCUT2D eigenvalue weighted by Gasteiger charge is -2.13. The predicted molar refractivity (Wildman–Crippen MR) is 121 cm³/mol. The fraction of sp³-hybridized carbons (Fsp3) is 0.200. The Labute approximate surface area is 199 Å². The van der Waals surface area contributed by atoms with Gasteiger partial charge >= 0.3 is 12.3 Å². The van der Waals surface area contributed by atoms with E-state index in [1.54, 1.807) is 37.4 Å². The van der Waals surface area contributed by atoms with E-state index >= 15 is 0 Å². The first-order valence-corrected chi connectivity index (χ1v) is 10.7. The van der Waals surface area contributed by atoms with Crippen LogP contribution in [0.5, 0.6) is 5.75 Å². The first-order chi connectivity index (χ1) is 16.7. The molecule has 1 unspecified atom stereocenters. The van der Waals surface area contributed by atoms with Gasteiger partial charge in [-0.3, -0.25) is 9.78 Å². The third-order valence-corrected chi connectivity index (χ3v) is 5.10. The van der Waals surface area contributed by atoms with E-state index in [4.69, 9.17) is 4.74 Å². The normalized spacial score (nSPS) is 12.3. The summed E-state index contributed by atoms with van der Waals surface area (Å²) in [5.74, 6) is -0.248. The molecule has 2 aromatic carbocycles. The number of nitrogens with zero attached hydrogens (tertiary/aromatic N) is 4. The smallest absolute Gasteiger partial charge is 0.457 e. The number of benzene rings is 2. The molecule has 4 aromatic rings. The van der Waals surface area contributed by atoms with Gasteiger partial charge in [-0.25, -0.2) is 9.67 Å². The molecule has 10 heteroatoms. The molecule has 0 spiro atoms. The highest BCUT2D eigenvalue weighted by atomic mass is 19.4. The van der Waals surface area contributed by atoms with E-state index in [0.29, 0.717) is 11.5 Å². The number of esters is 1. The van der Waals surface area contributed by atoms with E-state index < -0.39 is 12.5 Å². The Morgan fingerprint density at radius 3 is 2.34 bits per heavy atom. The van der Waals surface area contributed by atoms with Crippen molar-refractivity contribution in [2.24, 2.45) is 0 Å². The number of carbonyl (C=O) groups is 1. The summed E-state index contributed by atoms with van der Waals surface area (Å²) in [6, 6.07) is 16.2. The van der Waals surface area contributed by atoms with Gasteiger partial charge in [0.15, 0.2) is 5.82 Å². The maximum absolute atomic E-state index is 12.3. The van der Waals surface area contributed by atoms with Crippen molar-refractivity contribution < 1.29 is 27.4 Å². The molecule has 0 aliphatic heterocycles. The zero-order chi connectivity index (χ0) is 25.0. The second-order valence-electron chi connectivity index (χ2n) is 7.79. The summed E-state index contributed by atoms with van der Waals surface area (Å²) in [6.07, 6.45) is -1.89. The molecule has 2 aromatic heterocycles. The van der Waals surface area contributed by atoms with Gasteiger partial charge in [-0.2, -0.15) is 0 Å². The summed E-state index contributed by atoms with van der Waals surface area (Å²) in [6.45, 7) is 3.69. The molecule has 35 heavy (non-hydrogen) atoms. The van der Waals surface area contributed by atoms with Crippen LogP contribution in [-0.2, 0) is 16.0 Å². The molecule has 1 atom stereocenters. The Bertz CT molecular complexity index is 1290. The van der Waals surface area contributed by atoms with Crippen LogP contribution in [0, 0.1) is 6.92 Å². The average Bonchev–Trinajstić information content (AvgIpc) is 3.29. The summed E-state index contributed by atoms with van der Waals surface area (Å²) in [4.78, 5) is 20.8. The van der Waals surface area contributed by atoms with Gasteiger partial charge in [0, 0.05) is 23.0 Å². The predicted octanol–water partition coefficient (Wildman–Crippen LogP) is 5.38. The SMILES string of the molecule is Cc1ccc(C(C)OC(=O)Cc2ccc(-c3ncn(-c4ccc(OC(F)(F)F)cc4)n3)cc2)cn1. The minimum absolute atomic E-state index is 0.109. The van der Waals surface area contributed by atoms with Crippen LogP contribution >= 0.6 is 0 Å². The minimum Gasteiger partial charge on any atom is -0.457 e. The number of alkyl halides is 3. The van der Waals surface area contributed by atoms with Gasteiger partial charge in [0.1, 0.15) is 18.2 Å². The molecular formula is C25H21F3N4O3. The van der Waals surface area contributed by atoms with Crippen LogP contribution in [0.25, 0.3) is 17.1 Å². The van der Waals surface area contributed by atoms with Crippen LogP contribution < -0.4 is 4.74 Å². The molecule has 0 N–H and O–H groups in total. The molecule has 0 radical (unpaired) electrons. The monoisotopic (exact) mass is 482 g/mol. The number of halogens is 3. The Kier molecular flexibility index (Phi) is 6.81. The Morgan fingerprint density at radius 1 is 1.00 bits per heavy atom. The number of hydrogen-bond acceptors (Lipinski definition) is 6. The molecular weight excluding hydrogens is 461 g/mol. The summed E-state index contributed by atoms with van der Waals surface area (Å²) < 4.78 is 47.8. The van der Waals surface area contributed by atoms with Crippen LogP contribution in [0.2, 0.25) is 0 Å². The van der Waals surface area contributed by atoms with Crippen molar-refractivity contribution >= 4 is 5.97 Å². The van der Waals surface area contributed by atoms with E-state index in [2.05, 4.69) is 19.8 Å². The highest BCUT2D eigenvalue weighted by Gasteiger charge is 2.31. The highest BCUT2D eigenvalue weighted by molar-refractivity contribution is 5.73. The van der Waals surface area contributed by atoms with Crippen molar-refractivity contribution in [3.8, 4) is 22.8 Å². The lowest BCUT2D eigenvalue weighted by atomic mass is 10.1. The fourth-order valence-corrected chi connectivity index (χ4v) is 3.29. The topological polar surface area (TPSA) is 79.1 Å². The summed E-state index contributed by atoms with van der Waals surface area (Å²) in [7, 11) is 0. The van der Waals surface area contributed by atoms with Crippen LogP contribution in [0.3, 0.4) is 0 Å². The van der Waals surface area contributed by atoms with Crippen LogP contribution in [-0.4, -0.2) is 32.1 Å². The summed E-state index contributed by atoms with van der Waals surface area (Å²) in [5.41, 5.74) is 3.73. The quantitative estimate of drug-likeness (QED) is 0.329. The van der Waals surface area contributed by atoms with E-state index in [1.165, 1.54) is 35.3 Å². The maximum Gasteiger partial charge on any atom is 0.573 e. The number of ether oxygens (including phenoxy) is 2. The Hall–Kier alpha value is -4.21. The van der Waals surface area contributed by atoms with Crippen LogP contribution in [0.15, 0.2) is 73.2 Å². The van der Waals surface area contributed by atoms with Crippen molar-refractivity contribution in [1.29, 1.82) is 0 Å². The minimum atomic E-state index is -4.75. The average molecular weight is 482 g/mol. The molecule has 0 aliphatic rings. The van der Waals surface area contributed by atoms with Crippen molar-refractivity contribution in [3.63, 3.8) is 0 Å². The molecule has 4 rings (SSSR count). The first kappa shape index (κ1) is 23.9. The molecule has 0 bridgehead atoms. The number of rotatable bonds is 7. The third kappa shape index (κ3) is 6.44. The lowest BCUT2D eigenvalue weighted by molar-refractivity contribution is -0.274. The van der Waals surface area contributed by atoms with Crippen LogP contribution in [0.1, 0.15) is 29.8 Å². The number of pyridine rings is 1. The van der Waals surface area contributed by atoms with Gasteiger partial charge < -0.3 is 9.47 Å². The van der Waals surface area contributed by atoms with Gasteiger partial charge in [0.25, 0.3) is 0 Å². The molecule has 180 valence electrons. The molecule has 0 amide bonds. The summed E-state index contributed by atoms with van der Waals surface area (Å²) >= 11 is 0. The van der Waals surface area contributed by atoms with E-state index in [9.17, 15) is 18.0 Å². The van der Waals surface area contributed by atoms with E-state index in [-0.39, 0.29) is 18.1 Å². The second-order valence-corrected chi connectivity index (χ2v) is 7.79. The van der Waals surface area contributed by atoms with Crippen LogP contribution in [0.4, 0.5) is 13.2 Å². The zero-order valence-corrected chi connectivity index (χ0v) is 18.9. The van der Waals surface area contributed by atoms with Crippen molar-refractivity contribution in [3.05, 3.63) is 90.0 Å². The van der Waals surface area contributed by atoms with Crippen molar-refractivity contribution in [1.82, 2.24) is 19.7 Å². The van der Waals surface area contributed by atoms with Gasteiger partial charge in [0.05, 0.1) is 12.1 Å². The second kappa shape index (κ2) is 9.96. The third-order valence-electron chi connectivity index (χ3n) is 5.10. The highest BCUT2D eigenvalue weighted by Crippen LogP contribution is 2.24. The van der Waals surface area contributed by atoms with Gasteiger partial charge in [-0.15, -0.1) is 18.3 Å². The van der Waals surface area contributed by atoms with Gasteiger partial charge in [-0.1, -0.05) is 30.3 Å². The number of hydrogen-bond donors (Lipinski definition) is 0. The Balaban J connectivity index is 1.37. The lowest BCUT2D eigenvalue weighted by Crippen LogP contribution is -2.17. The van der Waals surface area contributed by atoms with E-state index in [0.717, 1.165) is 22.4 Å². The van der Waals surface area contributed by atoms with E-state index in [1.807, 2.05) is 19.1 Å². The maximum atomic E-state index is 12.3. The largest absolute Gasteiger partial charge is 0.573 e. The molecule has 0 saturated carbocycles. The Morgan fingerprint density at radius 2 is 1.71 bits per heavy atom.